The third-order valence-electron chi connectivity index (χ3n) is 3.33. The van der Waals surface area contributed by atoms with E-state index < -0.39 is 0 Å². The van der Waals surface area contributed by atoms with Crippen molar-refractivity contribution in [1.29, 1.82) is 0 Å². The maximum absolute atomic E-state index is 5.24. The predicted molar refractivity (Wildman–Crippen MR) is 72.9 cm³/mol. The highest BCUT2D eigenvalue weighted by atomic mass is 16.5. The zero-order valence-electron chi connectivity index (χ0n) is 11.6. The highest BCUT2D eigenvalue weighted by molar-refractivity contribution is 5.26. The fourth-order valence-electron chi connectivity index (χ4n) is 2.08. The summed E-state index contributed by atoms with van der Waals surface area (Å²) in [6.45, 7) is 4.90. The van der Waals surface area contributed by atoms with Crippen molar-refractivity contribution in [2.45, 2.75) is 32.4 Å². The minimum absolute atomic E-state index is 0.802. The van der Waals surface area contributed by atoms with E-state index >= 15 is 0 Å². The SMILES string of the molecule is COc1cc(C)nc(CNCCN(C)C2CC2)c1. The first kappa shape index (κ1) is 13.3. The standard InChI is InChI=1S/C14H23N3O/c1-11-8-14(18-3)9-12(16-11)10-15-6-7-17(2)13-4-5-13/h8-9,13,15H,4-7,10H2,1-3H3. The van der Waals surface area contributed by atoms with Crippen LogP contribution in [0.4, 0.5) is 0 Å². The number of nitrogens with one attached hydrogen (secondary N) is 1. The smallest absolute Gasteiger partial charge is 0.122 e. The van der Waals surface area contributed by atoms with Crippen molar-refractivity contribution >= 4 is 0 Å². The van der Waals surface area contributed by atoms with E-state index in [0.29, 0.717) is 0 Å². The molecule has 0 spiro atoms. The molecule has 1 heterocycles. The van der Waals surface area contributed by atoms with Crippen LogP contribution in [0.25, 0.3) is 0 Å². The predicted octanol–water partition coefficient (Wildman–Crippen LogP) is 1.58. The summed E-state index contributed by atoms with van der Waals surface area (Å²) in [7, 11) is 3.89. The lowest BCUT2D eigenvalue weighted by Gasteiger charge is -2.15. The quantitative estimate of drug-likeness (QED) is 0.745. The van der Waals surface area contributed by atoms with Gasteiger partial charge in [0.05, 0.1) is 12.8 Å². The first-order valence-corrected chi connectivity index (χ1v) is 6.61. The Morgan fingerprint density at radius 1 is 1.44 bits per heavy atom. The van der Waals surface area contributed by atoms with Gasteiger partial charge in [0.1, 0.15) is 5.75 Å². The zero-order chi connectivity index (χ0) is 13.0. The molecule has 1 saturated carbocycles. The van der Waals surface area contributed by atoms with Gasteiger partial charge in [-0.25, -0.2) is 0 Å². The number of aromatic nitrogens is 1. The van der Waals surface area contributed by atoms with Crippen molar-refractivity contribution in [3.8, 4) is 5.75 Å². The first-order valence-electron chi connectivity index (χ1n) is 6.61. The van der Waals surface area contributed by atoms with E-state index in [4.69, 9.17) is 4.74 Å². The second-order valence-corrected chi connectivity index (χ2v) is 5.03. The molecule has 0 amide bonds. The summed E-state index contributed by atoms with van der Waals surface area (Å²) in [5.41, 5.74) is 2.04. The summed E-state index contributed by atoms with van der Waals surface area (Å²) in [6.07, 6.45) is 2.74. The Kier molecular flexibility index (Phi) is 4.55. The lowest BCUT2D eigenvalue weighted by atomic mass is 10.3. The van der Waals surface area contributed by atoms with Crippen LogP contribution in [-0.4, -0.2) is 43.2 Å². The normalized spacial score (nSPS) is 15.1. The van der Waals surface area contributed by atoms with Gasteiger partial charge in [0.15, 0.2) is 0 Å². The Morgan fingerprint density at radius 3 is 2.89 bits per heavy atom. The van der Waals surface area contributed by atoms with Gasteiger partial charge in [0, 0.05) is 43.5 Å². The van der Waals surface area contributed by atoms with E-state index in [0.717, 1.165) is 42.8 Å². The number of methoxy groups -OCH3 is 1. The molecule has 1 aliphatic carbocycles. The second kappa shape index (κ2) is 6.16. The zero-order valence-corrected chi connectivity index (χ0v) is 11.6. The lowest BCUT2D eigenvalue weighted by Crippen LogP contribution is -2.30. The van der Waals surface area contributed by atoms with E-state index in [1.807, 2.05) is 19.1 Å². The molecule has 0 aromatic carbocycles. The number of likely N-dealkylation sites (N-methyl/N-ethyl adjacent to an activating group) is 1. The minimum Gasteiger partial charge on any atom is -0.497 e. The molecule has 1 aromatic heterocycles. The summed E-state index contributed by atoms with van der Waals surface area (Å²) in [6, 6.07) is 4.78. The van der Waals surface area contributed by atoms with E-state index in [1.54, 1.807) is 7.11 Å². The summed E-state index contributed by atoms with van der Waals surface area (Å²) in [5.74, 6) is 0.884. The lowest BCUT2D eigenvalue weighted by molar-refractivity contribution is 0.321. The van der Waals surface area contributed by atoms with E-state index in [2.05, 4.69) is 22.2 Å². The van der Waals surface area contributed by atoms with Crippen molar-refractivity contribution in [1.82, 2.24) is 15.2 Å². The number of nitrogens with zero attached hydrogens (tertiary/aromatic N) is 2. The van der Waals surface area contributed by atoms with Gasteiger partial charge >= 0.3 is 0 Å². The number of hydrogen-bond acceptors (Lipinski definition) is 4. The van der Waals surface area contributed by atoms with Crippen LogP contribution in [0.2, 0.25) is 0 Å². The van der Waals surface area contributed by atoms with Crippen LogP contribution in [0, 0.1) is 6.92 Å². The van der Waals surface area contributed by atoms with Gasteiger partial charge in [0.25, 0.3) is 0 Å². The highest BCUT2D eigenvalue weighted by Crippen LogP contribution is 2.24. The third kappa shape index (κ3) is 3.96. The maximum atomic E-state index is 5.24. The summed E-state index contributed by atoms with van der Waals surface area (Å²) < 4.78 is 5.24. The Hall–Kier alpha value is -1.13. The third-order valence-corrected chi connectivity index (χ3v) is 3.33. The number of hydrogen-bond donors (Lipinski definition) is 1. The molecule has 0 atom stereocenters. The van der Waals surface area contributed by atoms with E-state index in [-0.39, 0.29) is 0 Å². The van der Waals surface area contributed by atoms with E-state index in [1.165, 1.54) is 12.8 Å². The number of ether oxygens (including phenoxy) is 1. The Bertz CT molecular complexity index is 391. The molecule has 4 heteroatoms. The largest absolute Gasteiger partial charge is 0.497 e. The Labute approximate surface area is 109 Å². The van der Waals surface area contributed by atoms with Crippen LogP contribution in [0.5, 0.6) is 5.75 Å². The van der Waals surface area contributed by atoms with Crippen LogP contribution in [-0.2, 0) is 6.54 Å². The molecule has 0 unspecified atom stereocenters. The molecule has 1 aliphatic rings. The van der Waals surface area contributed by atoms with Gasteiger partial charge < -0.3 is 15.0 Å². The second-order valence-electron chi connectivity index (χ2n) is 5.03. The van der Waals surface area contributed by atoms with Gasteiger partial charge in [-0.1, -0.05) is 0 Å². The fraction of sp³-hybridized carbons (Fsp3) is 0.643. The summed E-state index contributed by atoms with van der Waals surface area (Å²) >= 11 is 0. The molecule has 1 N–H and O–H groups in total. The Morgan fingerprint density at radius 2 is 2.22 bits per heavy atom. The molecule has 1 aromatic rings. The molecule has 18 heavy (non-hydrogen) atoms. The number of aryl methyl sites for hydroxylation is 1. The molecule has 0 aliphatic heterocycles. The molecular formula is C14H23N3O. The van der Waals surface area contributed by atoms with Gasteiger partial charge in [0.2, 0.25) is 0 Å². The molecule has 100 valence electrons. The van der Waals surface area contributed by atoms with Crippen LogP contribution in [0.1, 0.15) is 24.2 Å². The van der Waals surface area contributed by atoms with Crippen LogP contribution < -0.4 is 10.1 Å². The fourth-order valence-corrected chi connectivity index (χ4v) is 2.08. The van der Waals surface area contributed by atoms with Crippen molar-refractivity contribution in [3.63, 3.8) is 0 Å². The van der Waals surface area contributed by atoms with Crippen LogP contribution in [0.15, 0.2) is 12.1 Å². The Balaban J connectivity index is 1.73. The van der Waals surface area contributed by atoms with Crippen LogP contribution >= 0.6 is 0 Å². The molecule has 0 bridgehead atoms. The molecule has 0 saturated heterocycles. The monoisotopic (exact) mass is 249 g/mol. The van der Waals surface area contributed by atoms with Crippen molar-refractivity contribution < 1.29 is 4.74 Å². The van der Waals surface area contributed by atoms with E-state index in [9.17, 15) is 0 Å². The van der Waals surface area contributed by atoms with Crippen LogP contribution in [0.3, 0.4) is 0 Å². The van der Waals surface area contributed by atoms with Gasteiger partial charge in [-0.3, -0.25) is 4.98 Å². The van der Waals surface area contributed by atoms with Crippen molar-refractivity contribution in [3.05, 3.63) is 23.5 Å². The van der Waals surface area contributed by atoms with Gasteiger partial charge in [-0.2, -0.15) is 0 Å². The summed E-state index contributed by atoms with van der Waals surface area (Å²) in [4.78, 5) is 6.92. The topological polar surface area (TPSA) is 37.4 Å². The highest BCUT2D eigenvalue weighted by Gasteiger charge is 2.25. The number of rotatable bonds is 7. The molecule has 0 radical (unpaired) electrons. The van der Waals surface area contributed by atoms with Crippen molar-refractivity contribution in [2.24, 2.45) is 0 Å². The molecule has 2 rings (SSSR count). The van der Waals surface area contributed by atoms with Gasteiger partial charge in [-0.15, -0.1) is 0 Å². The number of pyridine rings is 1. The first-order chi connectivity index (χ1) is 8.69. The molecular weight excluding hydrogens is 226 g/mol. The van der Waals surface area contributed by atoms with Crippen molar-refractivity contribution in [2.75, 3.05) is 27.2 Å². The summed E-state index contributed by atoms with van der Waals surface area (Å²) in [5, 5.41) is 3.43. The minimum atomic E-state index is 0.802. The maximum Gasteiger partial charge on any atom is 0.122 e. The average molecular weight is 249 g/mol. The molecule has 4 nitrogen and oxygen atoms in total. The average Bonchev–Trinajstić information content (AvgIpc) is 3.17. The molecule has 1 fully saturated rings. The van der Waals surface area contributed by atoms with Gasteiger partial charge in [-0.05, 0) is 26.8 Å².